The molecule has 2 rings (SSSR count). The Hall–Kier alpha value is -0.960. The number of hydrogen-bond acceptors (Lipinski definition) is 1. The fourth-order valence-corrected chi connectivity index (χ4v) is 2.46. The molecule has 0 fully saturated rings. The van der Waals surface area contributed by atoms with Gasteiger partial charge < -0.3 is 4.57 Å². The molecule has 1 nitrogen and oxygen atoms in total. The fraction of sp³-hybridized carbons (Fsp3) is 0.385. The SMILES string of the molecule is CCSCCCn1ccc2ccc(F)cc21. The second-order valence-corrected chi connectivity index (χ2v) is 5.16. The molecule has 0 N–H and O–H groups in total. The summed E-state index contributed by atoms with van der Waals surface area (Å²) in [5.74, 6) is 2.18. The molecule has 0 saturated heterocycles. The summed E-state index contributed by atoms with van der Waals surface area (Å²) < 4.78 is 15.3. The van der Waals surface area contributed by atoms with E-state index in [0.29, 0.717) is 0 Å². The molecule has 0 aliphatic rings. The quantitative estimate of drug-likeness (QED) is 0.713. The first-order valence-electron chi connectivity index (χ1n) is 5.63. The normalized spacial score (nSPS) is 11.1. The molecule has 2 aromatic rings. The highest BCUT2D eigenvalue weighted by molar-refractivity contribution is 7.99. The third-order valence-corrected chi connectivity index (χ3v) is 3.61. The van der Waals surface area contributed by atoms with Crippen LogP contribution in [0.3, 0.4) is 0 Å². The lowest BCUT2D eigenvalue weighted by molar-refractivity contribution is 0.627. The monoisotopic (exact) mass is 237 g/mol. The molecule has 0 aliphatic carbocycles. The van der Waals surface area contributed by atoms with Crippen LogP contribution in [0.25, 0.3) is 10.9 Å². The topological polar surface area (TPSA) is 4.93 Å². The third kappa shape index (κ3) is 2.59. The minimum atomic E-state index is -0.157. The standard InChI is InChI=1S/C13H16FNS/c1-2-16-9-3-7-15-8-6-11-4-5-12(14)10-13(11)15/h4-6,8,10H,2-3,7,9H2,1H3. The maximum absolute atomic E-state index is 13.1. The lowest BCUT2D eigenvalue weighted by Crippen LogP contribution is -1.97. The van der Waals surface area contributed by atoms with Gasteiger partial charge in [0.2, 0.25) is 0 Å². The van der Waals surface area contributed by atoms with Crippen LogP contribution in [0.4, 0.5) is 4.39 Å². The van der Waals surface area contributed by atoms with E-state index in [0.717, 1.165) is 23.9 Å². The summed E-state index contributed by atoms with van der Waals surface area (Å²) in [4.78, 5) is 0. The highest BCUT2D eigenvalue weighted by Gasteiger charge is 2.01. The van der Waals surface area contributed by atoms with Crippen LogP contribution in [-0.4, -0.2) is 16.1 Å². The van der Waals surface area contributed by atoms with E-state index in [2.05, 4.69) is 11.5 Å². The fourth-order valence-electron chi connectivity index (χ4n) is 1.83. The van der Waals surface area contributed by atoms with Crippen LogP contribution in [0.15, 0.2) is 30.5 Å². The van der Waals surface area contributed by atoms with Gasteiger partial charge in [-0.2, -0.15) is 11.8 Å². The summed E-state index contributed by atoms with van der Waals surface area (Å²) in [6, 6.07) is 7.01. The zero-order chi connectivity index (χ0) is 11.4. The van der Waals surface area contributed by atoms with E-state index >= 15 is 0 Å². The molecule has 0 amide bonds. The predicted molar refractivity (Wildman–Crippen MR) is 69.5 cm³/mol. The number of rotatable bonds is 5. The molecule has 0 unspecified atom stereocenters. The summed E-state index contributed by atoms with van der Waals surface area (Å²) in [6.07, 6.45) is 3.18. The first kappa shape index (κ1) is 11.5. The van der Waals surface area contributed by atoms with E-state index in [4.69, 9.17) is 0 Å². The Kier molecular flexibility index (Phi) is 3.88. The number of halogens is 1. The number of fused-ring (bicyclic) bond motifs is 1. The van der Waals surface area contributed by atoms with Gasteiger partial charge in [0, 0.05) is 12.7 Å². The van der Waals surface area contributed by atoms with Crippen LogP contribution in [0.1, 0.15) is 13.3 Å². The average Bonchev–Trinajstić information content (AvgIpc) is 2.67. The molecule has 0 radical (unpaired) electrons. The largest absolute Gasteiger partial charge is 0.347 e. The van der Waals surface area contributed by atoms with Crippen molar-refractivity contribution in [2.45, 2.75) is 19.9 Å². The Balaban J connectivity index is 2.09. The van der Waals surface area contributed by atoms with Gasteiger partial charge in [-0.1, -0.05) is 6.92 Å². The maximum atomic E-state index is 13.1. The molecule has 86 valence electrons. The minimum absolute atomic E-state index is 0.157. The van der Waals surface area contributed by atoms with Crippen molar-refractivity contribution in [3.05, 3.63) is 36.3 Å². The molecule has 0 saturated carbocycles. The molecular weight excluding hydrogens is 221 g/mol. The van der Waals surface area contributed by atoms with Gasteiger partial charge in [0.15, 0.2) is 0 Å². The molecule has 0 atom stereocenters. The maximum Gasteiger partial charge on any atom is 0.125 e. The van der Waals surface area contributed by atoms with E-state index in [-0.39, 0.29) is 5.82 Å². The van der Waals surface area contributed by atoms with Crippen LogP contribution < -0.4 is 0 Å². The van der Waals surface area contributed by atoms with Crippen molar-refractivity contribution in [1.29, 1.82) is 0 Å². The van der Waals surface area contributed by atoms with Gasteiger partial charge in [0.1, 0.15) is 5.82 Å². The molecule has 1 aromatic heterocycles. The van der Waals surface area contributed by atoms with Crippen molar-refractivity contribution in [2.75, 3.05) is 11.5 Å². The first-order chi connectivity index (χ1) is 7.81. The van der Waals surface area contributed by atoms with Crippen LogP contribution in [-0.2, 0) is 6.54 Å². The summed E-state index contributed by atoms with van der Waals surface area (Å²) in [6.45, 7) is 3.14. The smallest absolute Gasteiger partial charge is 0.125 e. The van der Waals surface area contributed by atoms with Gasteiger partial charge in [-0.05, 0) is 47.6 Å². The van der Waals surface area contributed by atoms with Crippen LogP contribution in [0, 0.1) is 5.82 Å². The number of aromatic nitrogens is 1. The molecule has 0 aliphatic heterocycles. The Morgan fingerprint density at radius 2 is 2.19 bits per heavy atom. The Labute approximate surface area is 99.6 Å². The van der Waals surface area contributed by atoms with Crippen LogP contribution in [0.2, 0.25) is 0 Å². The van der Waals surface area contributed by atoms with Crippen molar-refractivity contribution in [3.63, 3.8) is 0 Å². The first-order valence-corrected chi connectivity index (χ1v) is 6.79. The number of aryl methyl sites for hydroxylation is 1. The number of hydrogen-bond donors (Lipinski definition) is 0. The van der Waals surface area contributed by atoms with Gasteiger partial charge in [-0.3, -0.25) is 0 Å². The molecule has 0 spiro atoms. The average molecular weight is 237 g/mol. The Bertz CT molecular complexity index is 464. The number of nitrogens with zero attached hydrogens (tertiary/aromatic N) is 1. The molecule has 1 aromatic carbocycles. The van der Waals surface area contributed by atoms with E-state index < -0.39 is 0 Å². The van der Waals surface area contributed by atoms with E-state index in [1.54, 1.807) is 6.07 Å². The van der Waals surface area contributed by atoms with Crippen molar-refractivity contribution in [1.82, 2.24) is 4.57 Å². The molecule has 1 heterocycles. The number of benzene rings is 1. The van der Waals surface area contributed by atoms with Crippen molar-refractivity contribution >= 4 is 22.7 Å². The molecule has 3 heteroatoms. The second kappa shape index (κ2) is 5.39. The zero-order valence-corrected chi connectivity index (χ0v) is 10.3. The summed E-state index contributed by atoms with van der Waals surface area (Å²) in [7, 11) is 0. The lowest BCUT2D eigenvalue weighted by Gasteiger charge is -2.04. The predicted octanol–water partition coefficient (Wildman–Crippen LogP) is 3.92. The van der Waals surface area contributed by atoms with Gasteiger partial charge in [-0.15, -0.1) is 0 Å². The van der Waals surface area contributed by atoms with E-state index in [1.807, 2.05) is 30.1 Å². The van der Waals surface area contributed by atoms with Crippen LogP contribution in [0.5, 0.6) is 0 Å². The molecule has 16 heavy (non-hydrogen) atoms. The van der Waals surface area contributed by atoms with Crippen molar-refractivity contribution < 1.29 is 4.39 Å². The zero-order valence-electron chi connectivity index (χ0n) is 9.45. The van der Waals surface area contributed by atoms with Gasteiger partial charge in [0.25, 0.3) is 0 Å². The van der Waals surface area contributed by atoms with Crippen LogP contribution >= 0.6 is 11.8 Å². The Morgan fingerprint density at radius 3 is 3.00 bits per heavy atom. The highest BCUT2D eigenvalue weighted by atomic mass is 32.2. The summed E-state index contributed by atoms with van der Waals surface area (Å²) >= 11 is 1.95. The highest BCUT2D eigenvalue weighted by Crippen LogP contribution is 2.17. The second-order valence-electron chi connectivity index (χ2n) is 3.76. The number of thioether (sulfide) groups is 1. The van der Waals surface area contributed by atoms with Crippen molar-refractivity contribution in [2.24, 2.45) is 0 Å². The van der Waals surface area contributed by atoms with Gasteiger partial charge >= 0.3 is 0 Å². The molecule has 0 bridgehead atoms. The van der Waals surface area contributed by atoms with E-state index in [1.165, 1.54) is 17.6 Å². The molecular formula is C13H16FNS. The third-order valence-electron chi connectivity index (χ3n) is 2.63. The van der Waals surface area contributed by atoms with Gasteiger partial charge in [0.05, 0.1) is 5.52 Å². The lowest BCUT2D eigenvalue weighted by atomic mass is 10.2. The summed E-state index contributed by atoms with van der Waals surface area (Å²) in [5, 5.41) is 1.12. The minimum Gasteiger partial charge on any atom is -0.347 e. The Morgan fingerprint density at radius 1 is 1.31 bits per heavy atom. The van der Waals surface area contributed by atoms with Crippen molar-refractivity contribution in [3.8, 4) is 0 Å². The van der Waals surface area contributed by atoms with E-state index in [9.17, 15) is 4.39 Å². The summed E-state index contributed by atoms with van der Waals surface area (Å²) in [5.41, 5.74) is 1.00. The van der Waals surface area contributed by atoms with Gasteiger partial charge in [-0.25, -0.2) is 4.39 Å².